The molecule has 0 unspecified atom stereocenters. The van der Waals surface area contributed by atoms with E-state index >= 15 is 0 Å². The maximum absolute atomic E-state index is 12.3. The van der Waals surface area contributed by atoms with Gasteiger partial charge in [0.05, 0.1) is 6.10 Å². The molecule has 6 rings (SSSR count). The van der Waals surface area contributed by atoms with Crippen LogP contribution in [-0.4, -0.2) is 35.1 Å². The summed E-state index contributed by atoms with van der Waals surface area (Å²) in [6.45, 7) is 4.77. The summed E-state index contributed by atoms with van der Waals surface area (Å²) >= 11 is 0. The van der Waals surface area contributed by atoms with E-state index in [-0.39, 0.29) is 22.8 Å². The summed E-state index contributed by atoms with van der Waals surface area (Å²) in [5, 5.41) is 14.2. The molecule has 33 heavy (non-hydrogen) atoms. The molecule has 0 radical (unpaired) electrons. The van der Waals surface area contributed by atoms with Crippen molar-refractivity contribution < 1.29 is 9.90 Å². The van der Waals surface area contributed by atoms with Crippen LogP contribution in [0.4, 0.5) is 0 Å². The van der Waals surface area contributed by atoms with Crippen molar-refractivity contribution in [2.24, 2.45) is 34.5 Å². The molecule has 2 aromatic rings. The number of carbonyl (C=O) groups is 1. The van der Waals surface area contributed by atoms with Gasteiger partial charge in [0.2, 0.25) is 5.91 Å². The number of hydrogen-bond donors (Lipinski definition) is 1. The van der Waals surface area contributed by atoms with Gasteiger partial charge in [-0.3, -0.25) is 4.79 Å². The van der Waals surface area contributed by atoms with Gasteiger partial charge in [0.25, 0.3) is 0 Å². The van der Waals surface area contributed by atoms with E-state index in [2.05, 4.69) is 62.4 Å². The predicted molar refractivity (Wildman–Crippen MR) is 133 cm³/mol. The van der Waals surface area contributed by atoms with Crippen LogP contribution in [0, 0.1) is 34.5 Å². The molecule has 2 aromatic carbocycles. The first-order valence-corrected chi connectivity index (χ1v) is 12.9. The Kier molecular flexibility index (Phi) is 4.82. The Bertz CT molecular complexity index is 1120. The van der Waals surface area contributed by atoms with Crippen molar-refractivity contribution in [1.82, 2.24) is 4.90 Å². The Morgan fingerprint density at radius 3 is 2.64 bits per heavy atom. The van der Waals surface area contributed by atoms with E-state index in [0.29, 0.717) is 29.7 Å². The lowest BCUT2D eigenvalue weighted by atomic mass is 9.48. The number of rotatable bonds is 2. The zero-order valence-electron chi connectivity index (χ0n) is 20.2. The summed E-state index contributed by atoms with van der Waals surface area (Å²) < 4.78 is 0. The lowest BCUT2D eigenvalue weighted by Crippen LogP contribution is -2.59. The van der Waals surface area contributed by atoms with Crippen molar-refractivity contribution in [2.45, 2.75) is 64.5 Å². The second-order valence-electron chi connectivity index (χ2n) is 12.0. The molecule has 0 saturated heterocycles. The molecule has 3 aliphatic carbocycles. The van der Waals surface area contributed by atoms with Gasteiger partial charge in [0, 0.05) is 18.5 Å². The van der Waals surface area contributed by atoms with Crippen molar-refractivity contribution >= 4 is 16.7 Å². The molecular formula is C30H37NO2. The maximum atomic E-state index is 12.3. The minimum Gasteiger partial charge on any atom is -0.392 e. The average Bonchev–Trinajstić information content (AvgIpc) is 3.07. The standard InChI is InChI=1S/C30H37NO2/c1-29-15-13-27(32)31(3)26(29)11-10-23-24(29)12-14-30(2)25(23)18-22(28(30)33)17-19-8-9-20-6-4-5-7-21(20)16-19/h4-9,13,15-16,22-26,28,33H,10-12,14,17-18H2,1-3H3/t22-,23-,24+,25+,26-,28+,29-,30+/m1/s1. The van der Waals surface area contributed by atoms with Crippen LogP contribution >= 0.6 is 0 Å². The smallest absolute Gasteiger partial charge is 0.246 e. The molecule has 3 saturated carbocycles. The highest BCUT2D eigenvalue weighted by molar-refractivity contribution is 5.89. The molecular weight excluding hydrogens is 406 g/mol. The van der Waals surface area contributed by atoms with Crippen molar-refractivity contribution in [2.75, 3.05) is 7.05 Å². The highest BCUT2D eigenvalue weighted by Crippen LogP contribution is 2.65. The van der Waals surface area contributed by atoms with Crippen molar-refractivity contribution in [3.05, 3.63) is 60.2 Å². The number of nitrogens with zero attached hydrogens (tertiary/aromatic N) is 1. The van der Waals surface area contributed by atoms with Gasteiger partial charge in [-0.1, -0.05) is 62.4 Å². The zero-order valence-corrected chi connectivity index (χ0v) is 20.2. The van der Waals surface area contributed by atoms with Crippen LogP contribution in [0.2, 0.25) is 0 Å². The molecule has 1 N–H and O–H groups in total. The number of carbonyl (C=O) groups excluding carboxylic acids is 1. The van der Waals surface area contributed by atoms with Gasteiger partial charge < -0.3 is 10.0 Å². The number of aliphatic hydroxyl groups excluding tert-OH is 1. The second kappa shape index (κ2) is 7.43. The van der Waals surface area contributed by atoms with Crippen molar-refractivity contribution in [3.8, 4) is 0 Å². The summed E-state index contributed by atoms with van der Waals surface area (Å²) in [7, 11) is 1.99. The number of amides is 1. The first-order chi connectivity index (χ1) is 15.8. The molecule has 1 heterocycles. The Labute approximate surface area is 197 Å². The third-order valence-electron chi connectivity index (χ3n) is 10.6. The summed E-state index contributed by atoms with van der Waals surface area (Å²) in [4.78, 5) is 14.3. The van der Waals surface area contributed by atoms with Gasteiger partial charge in [-0.15, -0.1) is 0 Å². The number of benzene rings is 2. The highest BCUT2D eigenvalue weighted by Gasteiger charge is 2.62. The first-order valence-electron chi connectivity index (χ1n) is 12.9. The molecule has 4 aliphatic rings. The molecule has 1 aliphatic heterocycles. The van der Waals surface area contributed by atoms with Gasteiger partial charge in [-0.25, -0.2) is 0 Å². The summed E-state index contributed by atoms with van der Waals surface area (Å²) in [6.07, 6.45) is 10.5. The predicted octanol–water partition coefficient (Wildman–Crippen LogP) is 5.61. The van der Waals surface area contributed by atoms with Crippen LogP contribution in [0.5, 0.6) is 0 Å². The van der Waals surface area contributed by atoms with Crippen LogP contribution in [0.1, 0.15) is 51.5 Å². The van der Waals surface area contributed by atoms with E-state index in [9.17, 15) is 9.90 Å². The fraction of sp³-hybridized carbons (Fsp3) is 0.567. The van der Waals surface area contributed by atoms with Crippen LogP contribution in [0.25, 0.3) is 10.8 Å². The third kappa shape index (κ3) is 3.07. The average molecular weight is 444 g/mol. The van der Waals surface area contributed by atoms with E-state index in [1.165, 1.54) is 22.8 Å². The normalized spacial score (nSPS) is 42.2. The SMILES string of the molecule is CN1C(=O)C=C[C@]2(C)[C@H]3CC[C@]4(C)[C@@H](O)[C@H](Cc5ccc6ccccc6c5)C[C@H]4[C@@H]3CC[C@@H]12. The zero-order chi connectivity index (χ0) is 23.0. The lowest BCUT2D eigenvalue weighted by molar-refractivity contribution is -0.140. The van der Waals surface area contributed by atoms with Crippen LogP contribution in [0.3, 0.4) is 0 Å². The summed E-state index contributed by atoms with van der Waals surface area (Å²) in [6, 6.07) is 15.7. The van der Waals surface area contributed by atoms with Gasteiger partial charge >= 0.3 is 0 Å². The van der Waals surface area contributed by atoms with E-state index < -0.39 is 0 Å². The first kappa shape index (κ1) is 21.4. The number of aliphatic hydroxyl groups is 1. The quantitative estimate of drug-likeness (QED) is 0.655. The summed E-state index contributed by atoms with van der Waals surface area (Å²) in [5.41, 5.74) is 1.43. The Balaban J connectivity index is 1.27. The fourth-order valence-corrected chi connectivity index (χ4v) is 8.75. The third-order valence-corrected chi connectivity index (χ3v) is 10.6. The van der Waals surface area contributed by atoms with E-state index in [4.69, 9.17) is 0 Å². The maximum Gasteiger partial charge on any atom is 0.246 e. The molecule has 1 amide bonds. The Morgan fingerprint density at radius 2 is 1.82 bits per heavy atom. The van der Waals surface area contributed by atoms with Crippen LogP contribution in [-0.2, 0) is 11.2 Å². The second-order valence-corrected chi connectivity index (χ2v) is 12.0. The fourth-order valence-electron chi connectivity index (χ4n) is 8.75. The molecule has 0 bridgehead atoms. The minimum atomic E-state index is -0.230. The monoisotopic (exact) mass is 443 g/mol. The van der Waals surface area contributed by atoms with Gasteiger partial charge in [0.1, 0.15) is 0 Å². The lowest BCUT2D eigenvalue weighted by Gasteiger charge is -2.60. The van der Waals surface area contributed by atoms with Crippen molar-refractivity contribution in [3.63, 3.8) is 0 Å². The number of hydrogen-bond acceptors (Lipinski definition) is 2. The van der Waals surface area contributed by atoms with Crippen LogP contribution in [0.15, 0.2) is 54.6 Å². The van der Waals surface area contributed by atoms with E-state index in [0.717, 1.165) is 32.1 Å². The van der Waals surface area contributed by atoms with Crippen molar-refractivity contribution in [1.29, 1.82) is 0 Å². The number of fused-ring (bicyclic) bond motifs is 6. The highest BCUT2D eigenvalue weighted by atomic mass is 16.3. The molecule has 3 nitrogen and oxygen atoms in total. The van der Waals surface area contributed by atoms with Gasteiger partial charge in [-0.2, -0.15) is 0 Å². The van der Waals surface area contributed by atoms with Crippen LogP contribution < -0.4 is 0 Å². The topological polar surface area (TPSA) is 40.5 Å². The van der Waals surface area contributed by atoms with E-state index in [1.54, 1.807) is 0 Å². The molecule has 8 atom stereocenters. The summed E-state index contributed by atoms with van der Waals surface area (Å²) in [5.74, 6) is 2.31. The molecule has 0 spiro atoms. The molecule has 3 fully saturated rings. The van der Waals surface area contributed by atoms with Gasteiger partial charge in [0.15, 0.2) is 0 Å². The van der Waals surface area contributed by atoms with Gasteiger partial charge in [-0.05, 0) is 90.0 Å². The van der Waals surface area contributed by atoms with E-state index in [1.807, 2.05) is 18.0 Å². The molecule has 3 heteroatoms. The molecule has 174 valence electrons. The molecule has 0 aromatic heterocycles. The number of likely N-dealkylation sites (N-methyl/N-ethyl adjacent to an activating group) is 1. The Hall–Kier alpha value is -2.13. The largest absolute Gasteiger partial charge is 0.392 e. The Morgan fingerprint density at radius 1 is 1.03 bits per heavy atom. The minimum absolute atomic E-state index is 0.0198.